The number of nitrogens with zero attached hydrogens (tertiary/aromatic N) is 2. The molecule has 0 N–H and O–H groups in total. The van der Waals surface area contributed by atoms with Crippen molar-refractivity contribution in [3.63, 3.8) is 0 Å². The van der Waals surface area contributed by atoms with Crippen molar-refractivity contribution < 1.29 is 18.1 Å². The average molecular weight is 318 g/mol. The maximum atomic E-state index is 13.5. The van der Waals surface area contributed by atoms with E-state index in [1.165, 1.54) is 6.07 Å². The highest BCUT2D eigenvalue weighted by Crippen LogP contribution is 2.34. The summed E-state index contributed by atoms with van der Waals surface area (Å²) in [5.74, 6) is -0.768. The molecule has 1 aromatic heterocycles. The highest BCUT2D eigenvalue weighted by molar-refractivity contribution is 5.80. The summed E-state index contributed by atoms with van der Waals surface area (Å²) in [6.07, 6.45) is 3.64. The fourth-order valence-electron chi connectivity index (χ4n) is 3.18. The van der Waals surface area contributed by atoms with Crippen LogP contribution >= 0.6 is 0 Å². The van der Waals surface area contributed by atoms with Gasteiger partial charge in [0.1, 0.15) is 11.5 Å². The van der Waals surface area contributed by atoms with Crippen molar-refractivity contribution >= 4 is 5.91 Å². The smallest absolute Gasteiger partial charge is 0.225 e. The third-order valence-electron chi connectivity index (χ3n) is 4.79. The molecule has 2 aliphatic rings. The number of aromatic nitrogens is 1. The van der Waals surface area contributed by atoms with E-state index in [2.05, 4.69) is 5.16 Å². The van der Waals surface area contributed by atoms with Crippen LogP contribution in [0.1, 0.15) is 30.6 Å². The lowest BCUT2D eigenvalue weighted by atomic mass is 9.84. The lowest BCUT2D eigenvalue weighted by Gasteiger charge is -2.33. The Labute approximate surface area is 132 Å². The number of hydrogen-bond donors (Lipinski definition) is 0. The number of halogens is 2. The van der Waals surface area contributed by atoms with Crippen LogP contribution in [0.5, 0.6) is 0 Å². The monoisotopic (exact) mass is 318 g/mol. The second kappa shape index (κ2) is 5.44. The van der Waals surface area contributed by atoms with Gasteiger partial charge in [-0.05, 0) is 31.0 Å². The SMILES string of the molecule is O=C(C1CCC1)N1CCc2onc(-c3ccc(F)c(F)c3)c2C1. The molecule has 1 aliphatic carbocycles. The van der Waals surface area contributed by atoms with Gasteiger partial charge in [0.25, 0.3) is 0 Å². The summed E-state index contributed by atoms with van der Waals surface area (Å²) in [5.41, 5.74) is 1.76. The summed E-state index contributed by atoms with van der Waals surface area (Å²) in [7, 11) is 0. The Morgan fingerprint density at radius 3 is 2.78 bits per heavy atom. The molecule has 0 unspecified atom stereocenters. The van der Waals surface area contributed by atoms with E-state index in [1.807, 2.05) is 4.90 Å². The van der Waals surface area contributed by atoms with Crippen molar-refractivity contribution in [2.75, 3.05) is 6.54 Å². The number of fused-ring (bicyclic) bond motifs is 1. The number of hydrogen-bond acceptors (Lipinski definition) is 3. The highest BCUT2D eigenvalue weighted by atomic mass is 19.2. The second-order valence-corrected chi connectivity index (χ2v) is 6.20. The van der Waals surface area contributed by atoms with Gasteiger partial charge in [-0.25, -0.2) is 8.78 Å². The molecule has 1 aromatic carbocycles. The van der Waals surface area contributed by atoms with E-state index in [0.717, 1.165) is 42.7 Å². The quantitative estimate of drug-likeness (QED) is 0.853. The summed E-state index contributed by atoms with van der Waals surface area (Å²) in [4.78, 5) is 14.3. The van der Waals surface area contributed by atoms with E-state index in [-0.39, 0.29) is 11.8 Å². The molecule has 1 aliphatic heterocycles. The number of benzene rings is 1. The van der Waals surface area contributed by atoms with Crippen LogP contribution in [0.3, 0.4) is 0 Å². The molecular weight excluding hydrogens is 302 g/mol. The summed E-state index contributed by atoms with van der Waals surface area (Å²) in [6.45, 7) is 1.04. The summed E-state index contributed by atoms with van der Waals surface area (Å²) >= 11 is 0. The molecule has 0 spiro atoms. The van der Waals surface area contributed by atoms with Crippen LogP contribution in [0.25, 0.3) is 11.3 Å². The molecule has 120 valence electrons. The summed E-state index contributed by atoms with van der Waals surface area (Å²) < 4.78 is 31.9. The van der Waals surface area contributed by atoms with E-state index in [1.54, 1.807) is 0 Å². The van der Waals surface area contributed by atoms with Crippen LogP contribution in [0.2, 0.25) is 0 Å². The molecule has 2 heterocycles. The van der Waals surface area contributed by atoms with Gasteiger partial charge in [-0.1, -0.05) is 11.6 Å². The first-order chi connectivity index (χ1) is 11.1. The minimum atomic E-state index is -0.919. The van der Waals surface area contributed by atoms with Gasteiger partial charge < -0.3 is 9.42 Å². The van der Waals surface area contributed by atoms with Gasteiger partial charge in [-0.2, -0.15) is 0 Å². The zero-order valence-corrected chi connectivity index (χ0v) is 12.5. The molecule has 6 heteroatoms. The Hall–Kier alpha value is -2.24. The van der Waals surface area contributed by atoms with Gasteiger partial charge in [0.15, 0.2) is 11.6 Å². The Kier molecular flexibility index (Phi) is 3.39. The van der Waals surface area contributed by atoms with Gasteiger partial charge in [0.2, 0.25) is 5.91 Å². The third kappa shape index (κ3) is 2.42. The van der Waals surface area contributed by atoms with Crippen molar-refractivity contribution in [3.05, 3.63) is 41.2 Å². The van der Waals surface area contributed by atoms with E-state index in [9.17, 15) is 13.6 Å². The molecular formula is C17H16F2N2O2. The molecule has 0 bridgehead atoms. The van der Waals surface area contributed by atoms with E-state index in [0.29, 0.717) is 30.8 Å². The molecule has 2 aromatic rings. The lowest BCUT2D eigenvalue weighted by molar-refractivity contribution is -0.139. The van der Waals surface area contributed by atoms with Gasteiger partial charge in [-0.15, -0.1) is 0 Å². The molecule has 4 nitrogen and oxygen atoms in total. The molecule has 0 atom stereocenters. The second-order valence-electron chi connectivity index (χ2n) is 6.20. The number of carbonyl (C=O) groups excluding carboxylic acids is 1. The van der Waals surface area contributed by atoms with Crippen molar-refractivity contribution in [1.29, 1.82) is 0 Å². The summed E-state index contributed by atoms with van der Waals surface area (Å²) in [5, 5.41) is 4.01. The predicted molar refractivity (Wildman–Crippen MR) is 78.3 cm³/mol. The normalized spacial score (nSPS) is 17.7. The van der Waals surface area contributed by atoms with E-state index >= 15 is 0 Å². The van der Waals surface area contributed by atoms with Gasteiger partial charge in [-0.3, -0.25) is 4.79 Å². The van der Waals surface area contributed by atoms with Crippen LogP contribution in [-0.2, 0) is 17.8 Å². The predicted octanol–water partition coefficient (Wildman–Crippen LogP) is 3.30. The number of rotatable bonds is 2. The van der Waals surface area contributed by atoms with Crippen molar-refractivity contribution in [3.8, 4) is 11.3 Å². The average Bonchev–Trinajstić information content (AvgIpc) is 2.91. The zero-order valence-electron chi connectivity index (χ0n) is 12.5. The number of carbonyl (C=O) groups is 1. The molecule has 1 amide bonds. The van der Waals surface area contributed by atoms with Crippen LogP contribution in [0, 0.1) is 17.6 Å². The Morgan fingerprint density at radius 1 is 1.26 bits per heavy atom. The summed E-state index contributed by atoms with van der Waals surface area (Å²) in [6, 6.07) is 3.66. The third-order valence-corrected chi connectivity index (χ3v) is 4.79. The fraction of sp³-hybridized carbons (Fsp3) is 0.412. The van der Waals surface area contributed by atoms with Crippen LogP contribution in [0.4, 0.5) is 8.78 Å². The first kappa shape index (κ1) is 14.4. The van der Waals surface area contributed by atoms with E-state index in [4.69, 9.17) is 4.52 Å². The van der Waals surface area contributed by atoms with Gasteiger partial charge in [0.05, 0.1) is 6.54 Å². The highest BCUT2D eigenvalue weighted by Gasteiger charge is 2.33. The minimum absolute atomic E-state index is 0.142. The van der Waals surface area contributed by atoms with Crippen LogP contribution in [0.15, 0.2) is 22.7 Å². The lowest BCUT2D eigenvalue weighted by Crippen LogP contribution is -2.41. The molecule has 23 heavy (non-hydrogen) atoms. The first-order valence-electron chi connectivity index (χ1n) is 7.85. The Morgan fingerprint density at radius 2 is 2.09 bits per heavy atom. The Bertz CT molecular complexity index is 768. The van der Waals surface area contributed by atoms with Crippen LogP contribution < -0.4 is 0 Å². The maximum Gasteiger partial charge on any atom is 0.225 e. The van der Waals surface area contributed by atoms with Crippen LogP contribution in [-0.4, -0.2) is 22.5 Å². The molecule has 0 radical (unpaired) electrons. The van der Waals surface area contributed by atoms with E-state index < -0.39 is 11.6 Å². The zero-order chi connectivity index (χ0) is 16.0. The largest absolute Gasteiger partial charge is 0.360 e. The molecule has 4 rings (SSSR count). The molecule has 1 saturated carbocycles. The van der Waals surface area contributed by atoms with Gasteiger partial charge in [0, 0.05) is 30.0 Å². The first-order valence-corrected chi connectivity index (χ1v) is 7.85. The fourth-order valence-corrected chi connectivity index (χ4v) is 3.18. The minimum Gasteiger partial charge on any atom is -0.360 e. The molecule has 1 fully saturated rings. The van der Waals surface area contributed by atoms with Crippen molar-refractivity contribution in [2.45, 2.75) is 32.2 Å². The van der Waals surface area contributed by atoms with Gasteiger partial charge >= 0.3 is 0 Å². The standard InChI is InChI=1S/C17H16F2N2O2/c18-13-5-4-11(8-14(13)19)16-12-9-21(7-6-15(12)23-20-16)17(22)10-2-1-3-10/h4-5,8,10H,1-3,6-7,9H2. The van der Waals surface area contributed by atoms with Crippen molar-refractivity contribution in [1.82, 2.24) is 10.1 Å². The topological polar surface area (TPSA) is 46.3 Å². The molecule has 0 saturated heterocycles. The Balaban J connectivity index is 1.64. The maximum absolute atomic E-state index is 13.5. The number of amides is 1. The van der Waals surface area contributed by atoms with Crippen molar-refractivity contribution in [2.24, 2.45) is 5.92 Å².